The van der Waals surface area contributed by atoms with E-state index in [4.69, 9.17) is 27.8 Å². The molecule has 4 nitrogen and oxygen atoms in total. The molecule has 2 rings (SSSR count). The average molecular weight is 260 g/mol. The van der Waals surface area contributed by atoms with Gasteiger partial charge in [0.05, 0.1) is 29.7 Å². The van der Waals surface area contributed by atoms with Crippen LogP contribution in [0.2, 0.25) is 5.02 Å². The number of hydrogen-bond acceptors (Lipinski definition) is 4. The summed E-state index contributed by atoms with van der Waals surface area (Å²) in [7, 11) is 1.78. The summed E-state index contributed by atoms with van der Waals surface area (Å²) in [6.45, 7) is 1.25. The first-order valence-corrected chi connectivity index (χ1v) is 5.73. The molecule has 6 heteroatoms. The maximum Gasteiger partial charge on any atom is 0.169 e. The van der Waals surface area contributed by atoms with Crippen LogP contribution < -0.4 is 16.4 Å². The lowest BCUT2D eigenvalue weighted by Gasteiger charge is -2.27. The molecule has 0 aromatic heterocycles. The van der Waals surface area contributed by atoms with Crippen molar-refractivity contribution in [3.8, 4) is 0 Å². The van der Waals surface area contributed by atoms with E-state index in [0.29, 0.717) is 24.6 Å². The molecule has 1 aromatic rings. The minimum Gasteiger partial charge on any atom is -0.397 e. The summed E-state index contributed by atoms with van der Waals surface area (Å²) in [6.07, 6.45) is 0.845. The van der Waals surface area contributed by atoms with Crippen LogP contribution in [0.3, 0.4) is 0 Å². The zero-order valence-corrected chi connectivity index (χ0v) is 10.3. The highest BCUT2D eigenvalue weighted by atomic mass is 35.5. The number of anilines is 3. The Morgan fingerprint density at radius 3 is 2.76 bits per heavy atom. The molecule has 0 bridgehead atoms. The molecule has 17 heavy (non-hydrogen) atoms. The average Bonchev–Trinajstić information content (AvgIpc) is 2.79. The second-order valence-electron chi connectivity index (χ2n) is 4.16. The highest BCUT2D eigenvalue weighted by Gasteiger charge is 2.25. The fourth-order valence-electron chi connectivity index (χ4n) is 2.03. The number of nitrogens with two attached hydrogens (primary N) is 2. The molecule has 1 heterocycles. The van der Waals surface area contributed by atoms with Crippen LogP contribution in [0.5, 0.6) is 0 Å². The standard InChI is InChI=1S/C11H15ClFN3O/c1-16(6-2-3-17-5-6)11-8(15)4-7(14)9(12)10(11)13/h4,6H,2-3,5,14-15H2,1H3. The van der Waals surface area contributed by atoms with Crippen molar-refractivity contribution >= 4 is 28.7 Å². The molecule has 94 valence electrons. The van der Waals surface area contributed by atoms with E-state index in [1.165, 1.54) is 6.07 Å². The molecule has 0 radical (unpaired) electrons. The molecule has 4 N–H and O–H groups in total. The van der Waals surface area contributed by atoms with Crippen LogP contribution in [0.4, 0.5) is 21.5 Å². The van der Waals surface area contributed by atoms with E-state index in [9.17, 15) is 4.39 Å². The smallest absolute Gasteiger partial charge is 0.169 e. The van der Waals surface area contributed by atoms with Crippen molar-refractivity contribution in [1.82, 2.24) is 0 Å². The fraction of sp³-hybridized carbons (Fsp3) is 0.455. The molecule has 0 spiro atoms. The van der Waals surface area contributed by atoms with Crippen molar-refractivity contribution in [1.29, 1.82) is 0 Å². The molecule has 1 unspecified atom stereocenters. The minimum absolute atomic E-state index is 0.0834. The summed E-state index contributed by atoms with van der Waals surface area (Å²) in [5.74, 6) is -0.571. The molecule has 0 amide bonds. The number of hydrogen-bond donors (Lipinski definition) is 2. The zero-order chi connectivity index (χ0) is 12.6. The van der Waals surface area contributed by atoms with Gasteiger partial charge in [-0.2, -0.15) is 0 Å². The van der Waals surface area contributed by atoms with Crippen LogP contribution in [-0.2, 0) is 4.74 Å². The number of nitrogen functional groups attached to an aromatic ring is 2. The summed E-state index contributed by atoms with van der Waals surface area (Å²) in [6, 6.07) is 1.60. The molecule has 0 aliphatic carbocycles. The van der Waals surface area contributed by atoms with Crippen molar-refractivity contribution in [3.63, 3.8) is 0 Å². The lowest BCUT2D eigenvalue weighted by atomic mass is 10.1. The molecule has 1 aliphatic heterocycles. The van der Waals surface area contributed by atoms with Gasteiger partial charge in [0.2, 0.25) is 0 Å². The van der Waals surface area contributed by atoms with E-state index in [1.54, 1.807) is 11.9 Å². The Bertz CT molecular complexity index is 435. The van der Waals surface area contributed by atoms with Crippen molar-refractivity contribution in [2.24, 2.45) is 0 Å². The Morgan fingerprint density at radius 2 is 2.18 bits per heavy atom. The van der Waals surface area contributed by atoms with Gasteiger partial charge < -0.3 is 21.1 Å². The Labute approximate surface area is 104 Å². The lowest BCUT2D eigenvalue weighted by molar-refractivity contribution is 0.193. The van der Waals surface area contributed by atoms with Gasteiger partial charge in [-0.05, 0) is 12.5 Å². The van der Waals surface area contributed by atoms with E-state index >= 15 is 0 Å². The molecule has 1 aliphatic rings. The molecule has 1 aromatic carbocycles. The van der Waals surface area contributed by atoms with Gasteiger partial charge in [-0.1, -0.05) is 11.6 Å². The normalized spacial score (nSPS) is 19.6. The summed E-state index contributed by atoms with van der Waals surface area (Å²) >= 11 is 5.79. The van der Waals surface area contributed by atoms with Gasteiger partial charge in [0, 0.05) is 13.7 Å². The number of benzene rings is 1. The Morgan fingerprint density at radius 1 is 1.47 bits per heavy atom. The first-order valence-electron chi connectivity index (χ1n) is 5.36. The number of nitrogens with zero attached hydrogens (tertiary/aromatic N) is 1. The van der Waals surface area contributed by atoms with Gasteiger partial charge in [-0.25, -0.2) is 4.39 Å². The maximum absolute atomic E-state index is 14.1. The zero-order valence-electron chi connectivity index (χ0n) is 9.54. The second-order valence-corrected chi connectivity index (χ2v) is 4.54. The predicted octanol–water partition coefficient (Wildman–Crippen LogP) is 1.87. The number of likely N-dealkylation sites (N-methyl/N-ethyl adjacent to an activating group) is 1. The molecule has 1 saturated heterocycles. The van der Waals surface area contributed by atoms with Crippen LogP contribution >= 0.6 is 11.6 Å². The van der Waals surface area contributed by atoms with Crippen LogP contribution in [0.25, 0.3) is 0 Å². The van der Waals surface area contributed by atoms with E-state index in [1.807, 2.05) is 0 Å². The third-order valence-corrected chi connectivity index (χ3v) is 3.43. The van der Waals surface area contributed by atoms with Crippen LogP contribution in [0.15, 0.2) is 6.07 Å². The monoisotopic (exact) mass is 259 g/mol. The molecule has 1 atom stereocenters. The predicted molar refractivity (Wildman–Crippen MR) is 67.9 cm³/mol. The number of ether oxygens (including phenoxy) is 1. The highest BCUT2D eigenvalue weighted by molar-refractivity contribution is 6.33. The lowest BCUT2D eigenvalue weighted by Crippen LogP contribution is -2.33. The summed E-state index contributed by atoms with van der Waals surface area (Å²) in [5.41, 5.74) is 12.1. The summed E-state index contributed by atoms with van der Waals surface area (Å²) in [5, 5.41) is -0.0834. The van der Waals surface area contributed by atoms with Crippen molar-refractivity contribution in [2.45, 2.75) is 12.5 Å². The van der Waals surface area contributed by atoms with Crippen molar-refractivity contribution in [3.05, 3.63) is 16.9 Å². The topological polar surface area (TPSA) is 64.5 Å². The maximum atomic E-state index is 14.1. The van der Waals surface area contributed by atoms with Gasteiger partial charge in [-0.3, -0.25) is 0 Å². The number of rotatable bonds is 2. The molecule has 0 saturated carbocycles. The highest BCUT2D eigenvalue weighted by Crippen LogP contribution is 2.37. The Kier molecular flexibility index (Phi) is 3.31. The molecular formula is C11H15ClFN3O. The number of halogens is 2. The van der Waals surface area contributed by atoms with Crippen molar-refractivity contribution < 1.29 is 9.13 Å². The van der Waals surface area contributed by atoms with Crippen molar-refractivity contribution in [2.75, 3.05) is 36.6 Å². The van der Waals surface area contributed by atoms with Crippen LogP contribution in [-0.4, -0.2) is 26.3 Å². The van der Waals surface area contributed by atoms with Gasteiger partial charge >= 0.3 is 0 Å². The van der Waals surface area contributed by atoms with Crippen LogP contribution in [0, 0.1) is 5.82 Å². The molecule has 1 fully saturated rings. The van der Waals surface area contributed by atoms with Crippen LogP contribution in [0.1, 0.15) is 6.42 Å². The van der Waals surface area contributed by atoms with E-state index in [-0.39, 0.29) is 16.8 Å². The third kappa shape index (κ3) is 2.12. The van der Waals surface area contributed by atoms with Gasteiger partial charge in [-0.15, -0.1) is 0 Å². The van der Waals surface area contributed by atoms with Gasteiger partial charge in [0.25, 0.3) is 0 Å². The minimum atomic E-state index is -0.571. The van der Waals surface area contributed by atoms with Gasteiger partial charge in [0.1, 0.15) is 5.02 Å². The Hall–Kier alpha value is -1.20. The first-order chi connectivity index (χ1) is 8.02. The molecular weight excluding hydrogens is 245 g/mol. The summed E-state index contributed by atoms with van der Waals surface area (Å²) in [4.78, 5) is 1.77. The van der Waals surface area contributed by atoms with Gasteiger partial charge in [0.15, 0.2) is 5.82 Å². The first kappa shape index (κ1) is 12.3. The second kappa shape index (κ2) is 4.58. The van der Waals surface area contributed by atoms with E-state index < -0.39 is 5.82 Å². The third-order valence-electron chi connectivity index (χ3n) is 3.04. The Balaban J connectivity index is 2.40. The fourth-order valence-corrected chi connectivity index (χ4v) is 2.17. The summed E-state index contributed by atoms with van der Waals surface area (Å²) < 4.78 is 19.3. The SMILES string of the molecule is CN(c1c(N)cc(N)c(Cl)c1F)C1CCOC1. The largest absolute Gasteiger partial charge is 0.397 e. The quantitative estimate of drug-likeness (QED) is 0.796. The van der Waals surface area contributed by atoms with E-state index in [0.717, 1.165) is 6.42 Å². The van der Waals surface area contributed by atoms with E-state index in [2.05, 4.69) is 0 Å².